The maximum Gasteiger partial charge on any atom is 0.407 e. The van der Waals surface area contributed by atoms with Crippen LogP contribution in [0.15, 0.2) is 18.2 Å². The minimum Gasteiger partial charge on any atom is -0.507 e. The number of phenols is 1. The van der Waals surface area contributed by atoms with Gasteiger partial charge in [-0.3, -0.25) is 0 Å². The van der Waals surface area contributed by atoms with Crippen LogP contribution in [0.25, 0.3) is 0 Å². The van der Waals surface area contributed by atoms with E-state index in [0.717, 1.165) is 0 Å². The van der Waals surface area contributed by atoms with E-state index in [4.69, 9.17) is 15.2 Å². The molecule has 0 aliphatic rings. The molecule has 0 bridgehead atoms. The van der Waals surface area contributed by atoms with E-state index in [1.807, 2.05) is 0 Å². The first-order valence-corrected chi connectivity index (χ1v) is 6.32. The smallest absolute Gasteiger partial charge is 0.407 e. The lowest BCUT2D eigenvalue weighted by atomic mass is 10.1. The summed E-state index contributed by atoms with van der Waals surface area (Å²) in [4.78, 5) is 11.5. The second-order valence-corrected chi connectivity index (χ2v) is 5.41. The van der Waals surface area contributed by atoms with E-state index in [1.165, 1.54) is 13.2 Å². The van der Waals surface area contributed by atoms with Gasteiger partial charge in [0.2, 0.25) is 0 Å². The van der Waals surface area contributed by atoms with Gasteiger partial charge in [0.05, 0.1) is 13.2 Å². The van der Waals surface area contributed by atoms with Crippen LogP contribution in [0.3, 0.4) is 0 Å². The molecule has 0 saturated heterocycles. The molecular weight excluding hydrogens is 260 g/mol. The fraction of sp³-hybridized carbons (Fsp3) is 0.500. The standard InChI is InChI=1S/C14H22N2O4/c1-14(2,3)20-13(18)16-8-11(15)10-6-5-9(19-4)7-12(10)17/h5-7,11,17H,8,15H2,1-4H3,(H,16,18). The summed E-state index contributed by atoms with van der Waals surface area (Å²) in [5.74, 6) is 0.571. The molecule has 1 unspecified atom stereocenters. The molecule has 0 heterocycles. The quantitative estimate of drug-likeness (QED) is 0.784. The van der Waals surface area contributed by atoms with Gasteiger partial charge in [-0.25, -0.2) is 4.79 Å². The number of nitrogens with two attached hydrogens (primary N) is 1. The fourth-order valence-electron chi connectivity index (χ4n) is 1.58. The van der Waals surface area contributed by atoms with Gasteiger partial charge < -0.3 is 25.6 Å². The predicted octanol–water partition coefficient (Wildman–Crippen LogP) is 1.93. The van der Waals surface area contributed by atoms with Crippen LogP contribution in [0.2, 0.25) is 0 Å². The first-order chi connectivity index (χ1) is 9.23. The summed E-state index contributed by atoms with van der Waals surface area (Å²) in [7, 11) is 1.51. The number of carbonyl (C=O) groups excluding carboxylic acids is 1. The van der Waals surface area contributed by atoms with Crippen molar-refractivity contribution in [3.8, 4) is 11.5 Å². The van der Waals surface area contributed by atoms with Crippen LogP contribution in [0, 0.1) is 0 Å². The summed E-state index contributed by atoms with van der Waals surface area (Å²) in [6.07, 6.45) is -0.541. The van der Waals surface area contributed by atoms with Crippen LogP contribution in [-0.2, 0) is 4.74 Å². The first-order valence-electron chi connectivity index (χ1n) is 6.32. The van der Waals surface area contributed by atoms with Crippen LogP contribution in [0.4, 0.5) is 4.79 Å². The Labute approximate surface area is 118 Å². The third-order valence-corrected chi connectivity index (χ3v) is 2.50. The number of methoxy groups -OCH3 is 1. The third-order valence-electron chi connectivity index (χ3n) is 2.50. The highest BCUT2D eigenvalue weighted by molar-refractivity contribution is 5.67. The number of carbonyl (C=O) groups is 1. The molecule has 0 spiro atoms. The SMILES string of the molecule is COc1ccc(C(N)CNC(=O)OC(C)(C)C)c(O)c1. The molecule has 1 aromatic rings. The lowest BCUT2D eigenvalue weighted by molar-refractivity contribution is 0.0524. The number of benzene rings is 1. The number of ether oxygens (including phenoxy) is 2. The molecule has 4 N–H and O–H groups in total. The van der Waals surface area contributed by atoms with E-state index in [1.54, 1.807) is 32.9 Å². The van der Waals surface area contributed by atoms with Crippen LogP contribution in [0.5, 0.6) is 11.5 Å². The largest absolute Gasteiger partial charge is 0.507 e. The number of hydrogen-bond acceptors (Lipinski definition) is 5. The van der Waals surface area contributed by atoms with Gasteiger partial charge in [0.25, 0.3) is 0 Å². The van der Waals surface area contributed by atoms with E-state index < -0.39 is 17.7 Å². The Balaban J connectivity index is 2.59. The Morgan fingerprint density at radius 3 is 2.60 bits per heavy atom. The Bertz CT molecular complexity index is 469. The van der Waals surface area contributed by atoms with Gasteiger partial charge in [-0.15, -0.1) is 0 Å². The minimum atomic E-state index is -0.559. The molecule has 0 aromatic heterocycles. The second-order valence-electron chi connectivity index (χ2n) is 5.41. The average molecular weight is 282 g/mol. The van der Waals surface area contributed by atoms with E-state index in [9.17, 15) is 9.90 Å². The van der Waals surface area contributed by atoms with Crippen molar-refractivity contribution in [2.75, 3.05) is 13.7 Å². The van der Waals surface area contributed by atoms with Gasteiger partial charge >= 0.3 is 6.09 Å². The van der Waals surface area contributed by atoms with Gasteiger partial charge in [-0.05, 0) is 26.8 Å². The monoisotopic (exact) mass is 282 g/mol. The second kappa shape index (κ2) is 6.47. The van der Waals surface area contributed by atoms with Crippen molar-refractivity contribution in [3.63, 3.8) is 0 Å². The third kappa shape index (κ3) is 4.97. The summed E-state index contributed by atoms with van der Waals surface area (Å²) < 4.78 is 10.1. The van der Waals surface area contributed by atoms with Crippen molar-refractivity contribution in [1.82, 2.24) is 5.32 Å². The topological polar surface area (TPSA) is 93.8 Å². The minimum absolute atomic E-state index is 0.0304. The Kier molecular flexibility index (Phi) is 5.21. The molecule has 1 rings (SSSR count). The van der Waals surface area contributed by atoms with Crippen molar-refractivity contribution >= 4 is 6.09 Å². The number of alkyl carbamates (subject to hydrolysis) is 1. The maximum absolute atomic E-state index is 11.5. The first kappa shape index (κ1) is 16.1. The zero-order valence-electron chi connectivity index (χ0n) is 12.3. The number of hydrogen-bond donors (Lipinski definition) is 3. The maximum atomic E-state index is 11.5. The molecule has 20 heavy (non-hydrogen) atoms. The lowest BCUT2D eigenvalue weighted by Crippen LogP contribution is -2.36. The van der Waals surface area contributed by atoms with E-state index in [2.05, 4.69) is 5.32 Å². The lowest BCUT2D eigenvalue weighted by Gasteiger charge is -2.21. The summed E-state index contributed by atoms with van der Waals surface area (Å²) in [6.45, 7) is 5.50. The van der Waals surface area contributed by atoms with E-state index in [-0.39, 0.29) is 12.3 Å². The normalized spacial score (nSPS) is 12.7. The summed E-state index contributed by atoms with van der Waals surface area (Å²) in [5.41, 5.74) is 5.90. The number of phenolic OH excluding ortho intramolecular Hbond substituents is 1. The molecule has 6 heteroatoms. The molecule has 6 nitrogen and oxygen atoms in total. The molecular formula is C14H22N2O4. The van der Waals surface area contributed by atoms with Gasteiger partial charge in [0, 0.05) is 18.2 Å². The van der Waals surface area contributed by atoms with Crippen molar-refractivity contribution in [3.05, 3.63) is 23.8 Å². The van der Waals surface area contributed by atoms with Crippen LogP contribution < -0.4 is 15.8 Å². The number of aromatic hydroxyl groups is 1. The zero-order valence-corrected chi connectivity index (χ0v) is 12.3. The average Bonchev–Trinajstić information content (AvgIpc) is 2.33. The molecule has 0 fully saturated rings. The number of rotatable bonds is 4. The van der Waals surface area contributed by atoms with Crippen molar-refractivity contribution in [2.45, 2.75) is 32.4 Å². The highest BCUT2D eigenvalue weighted by Gasteiger charge is 2.18. The van der Waals surface area contributed by atoms with Gasteiger partial charge in [-0.2, -0.15) is 0 Å². The Hall–Kier alpha value is -1.95. The fourth-order valence-corrected chi connectivity index (χ4v) is 1.58. The highest BCUT2D eigenvalue weighted by Crippen LogP contribution is 2.27. The number of nitrogens with one attached hydrogen (secondary N) is 1. The summed E-state index contributed by atoms with van der Waals surface area (Å²) >= 11 is 0. The van der Waals surface area contributed by atoms with Gasteiger partial charge in [-0.1, -0.05) is 6.07 Å². The van der Waals surface area contributed by atoms with Crippen molar-refractivity contribution < 1.29 is 19.4 Å². The number of amides is 1. The van der Waals surface area contributed by atoms with Gasteiger partial charge in [0.15, 0.2) is 0 Å². The predicted molar refractivity (Wildman–Crippen MR) is 75.8 cm³/mol. The Morgan fingerprint density at radius 1 is 1.45 bits per heavy atom. The zero-order chi connectivity index (χ0) is 15.3. The molecule has 112 valence electrons. The van der Waals surface area contributed by atoms with Crippen LogP contribution >= 0.6 is 0 Å². The molecule has 1 amide bonds. The molecule has 0 saturated carbocycles. The molecule has 0 aliphatic heterocycles. The van der Waals surface area contributed by atoms with Gasteiger partial charge in [0.1, 0.15) is 17.1 Å². The molecule has 1 atom stereocenters. The van der Waals surface area contributed by atoms with Crippen LogP contribution in [0.1, 0.15) is 32.4 Å². The van der Waals surface area contributed by atoms with E-state index >= 15 is 0 Å². The summed E-state index contributed by atoms with van der Waals surface area (Å²) in [5, 5.41) is 12.4. The molecule has 1 aromatic carbocycles. The highest BCUT2D eigenvalue weighted by atomic mass is 16.6. The summed E-state index contributed by atoms with van der Waals surface area (Å²) in [6, 6.07) is 4.30. The molecule has 0 aliphatic carbocycles. The Morgan fingerprint density at radius 2 is 2.10 bits per heavy atom. The van der Waals surface area contributed by atoms with Crippen molar-refractivity contribution in [2.24, 2.45) is 5.73 Å². The molecule has 0 radical (unpaired) electrons. The van der Waals surface area contributed by atoms with Crippen molar-refractivity contribution in [1.29, 1.82) is 0 Å². The van der Waals surface area contributed by atoms with E-state index in [0.29, 0.717) is 11.3 Å². The van der Waals surface area contributed by atoms with Crippen LogP contribution in [-0.4, -0.2) is 30.5 Å².